The van der Waals surface area contributed by atoms with Crippen LogP contribution >= 0.6 is 11.6 Å². The van der Waals surface area contributed by atoms with E-state index < -0.39 is 5.69 Å². The standard InChI is InChI=1S/C10H8ClN5O/c11-8-4-2-1-3-7(8)5-12-15-9-6-13-16-10(17)14-9/h1-6H,(H2,14,15,16,17)/b12-5-. The molecule has 6 nitrogen and oxygen atoms in total. The van der Waals surface area contributed by atoms with Crippen molar-refractivity contribution in [1.82, 2.24) is 15.2 Å². The van der Waals surface area contributed by atoms with Crippen molar-refractivity contribution in [2.75, 3.05) is 5.43 Å². The number of nitrogens with zero attached hydrogens (tertiary/aromatic N) is 3. The van der Waals surface area contributed by atoms with Gasteiger partial charge >= 0.3 is 5.69 Å². The molecule has 0 saturated heterocycles. The first-order valence-electron chi connectivity index (χ1n) is 4.71. The van der Waals surface area contributed by atoms with E-state index in [0.717, 1.165) is 5.56 Å². The Morgan fingerprint density at radius 1 is 1.41 bits per heavy atom. The molecular weight excluding hydrogens is 242 g/mol. The molecule has 0 fully saturated rings. The van der Waals surface area contributed by atoms with Crippen molar-refractivity contribution >= 4 is 23.6 Å². The maximum absolute atomic E-state index is 10.8. The minimum absolute atomic E-state index is 0.261. The molecule has 0 aliphatic carbocycles. The maximum atomic E-state index is 10.8. The Hall–Kier alpha value is -2.21. The normalized spacial score (nSPS) is 10.6. The van der Waals surface area contributed by atoms with Gasteiger partial charge in [0.2, 0.25) is 0 Å². The van der Waals surface area contributed by atoms with Gasteiger partial charge in [0.25, 0.3) is 0 Å². The van der Waals surface area contributed by atoms with Crippen molar-refractivity contribution < 1.29 is 0 Å². The number of hydrogen-bond acceptors (Lipinski definition) is 5. The monoisotopic (exact) mass is 249 g/mol. The van der Waals surface area contributed by atoms with Gasteiger partial charge < -0.3 is 0 Å². The van der Waals surface area contributed by atoms with Crippen molar-refractivity contribution in [2.45, 2.75) is 0 Å². The SMILES string of the molecule is O=c1nc(N/N=C\c2ccccc2Cl)cn[nH]1. The van der Waals surface area contributed by atoms with Gasteiger partial charge in [-0.3, -0.25) is 5.43 Å². The molecule has 0 radical (unpaired) electrons. The van der Waals surface area contributed by atoms with Gasteiger partial charge in [-0.2, -0.15) is 15.2 Å². The fourth-order valence-electron chi connectivity index (χ4n) is 1.11. The van der Waals surface area contributed by atoms with Gasteiger partial charge in [0.15, 0.2) is 5.82 Å². The number of rotatable bonds is 3. The smallest absolute Gasteiger partial charge is 0.260 e. The summed E-state index contributed by atoms with van der Waals surface area (Å²) in [6.45, 7) is 0. The summed E-state index contributed by atoms with van der Waals surface area (Å²) in [6.07, 6.45) is 2.89. The van der Waals surface area contributed by atoms with E-state index >= 15 is 0 Å². The fourth-order valence-corrected chi connectivity index (χ4v) is 1.30. The lowest BCUT2D eigenvalue weighted by atomic mass is 10.2. The summed E-state index contributed by atoms with van der Waals surface area (Å²) in [6, 6.07) is 7.25. The number of aromatic amines is 1. The van der Waals surface area contributed by atoms with Crippen LogP contribution in [-0.2, 0) is 0 Å². The van der Waals surface area contributed by atoms with Gasteiger partial charge in [-0.25, -0.2) is 9.89 Å². The lowest BCUT2D eigenvalue weighted by molar-refractivity contribution is 0.913. The van der Waals surface area contributed by atoms with Crippen LogP contribution in [0.2, 0.25) is 5.02 Å². The predicted octanol–water partition coefficient (Wildman–Crippen LogP) is 1.26. The summed E-state index contributed by atoms with van der Waals surface area (Å²) in [5.74, 6) is 0.261. The number of aromatic nitrogens is 3. The molecule has 2 aromatic rings. The number of hydrazone groups is 1. The molecule has 1 aromatic heterocycles. The fraction of sp³-hybridized carbons (Fsp3) is 0. The van der Waals surface area contributed by atoms with Gasteiger partial charge in [0, 0.05) is 10.6 Å². The Balaban J connectivity index is 2.08. The van der Waals surface area contributed by atoms with E-state index in [9.17, 15) is 4.79 Å². The molecule has 0 unspecified atom stereocenters. The number of H-pyrrole nitrogens is 1. The van der Waals surface area contributed by atoms with Gasteiger partial charge in [0.1, 0.15) is 0 Å². The molecule has 2 N–H and O–H groups in total. The van der Waals surface area contributed by atoms with Gasteiger partial charge in [0.05, 0.1) is 12.4 Å². The van der Waals surface area contributed by atoms with Gasteiger partial charge in [-0.15, -0.1) is 0 Å². The van der Waals surface area contributed by atoms with Crippen LogP contribution in [0.25, 0.3) is 0 Å². The maximum Gasteiger partial charge on any atom is 0.363 e. The van der Waals surface area contributed by atoms with Crippen molar-refractivity contribution in [1.29, 1.82) is 0 Å². The summed E-state index contributed by atoms with van der Waals surface area (Å²) in [4.78, 5) is 14.4. The summed E-state index contributed by atoms with van der Waals surface area (Å²) < 4.78 is 0. The van der Waals surface area contributed by atoms with Crippen LogP contribution in [0.15, 0.2) is 40.4 Å². The van der Waals surface area contributed by atoms with Crippen molar-refractivity contribution in [3.05, 3.63) is 51.5 Å². The highest BCUT2D eigenvalue weighted by Crippen LogP contribution is 2.12. The first-order chi connectivity index (χ1) is 8.25. The van der Waals surface area contributed by atoms with Crippen molar-refractivity contribution in [3.63, 3.8) is 0 Å². The molecule has 0 saturated carbocycles. The average molecular weight is 250 g/mol. The highest BCUT2D eigenvalue weighted by molar-refractivity contribution is 6.33. The first kappa shape index (κ1) is 11.3. The minimum Gasteiger partial charge on any atom is -0.260 e. The van der Waals surface area contributed by atoms with Crippen LogP contribution in [0.4, 0.5) is 5.82 Å². The van der Waals surface area contributed by atoms with E-state index in [-0.39, 0.29) is 5.82 Å². The Morgan fingerprint density at radius 2 is 2.24 bits per heavy atom. The van der Waals surface area contributed by atoms with E-state index in [1.807, 2.05) is 18.2 Å². The second-order valence-corrected chi connectivity index (χ2v) is 3.47. The second kappa shape index (κ2) is 5.22. The summed E-state index contributed by atoms with van der Waals surface area (Å²) in [5.41, 5.74) is 2.80. The molecule has 0 atom stereocenters. The van der Waals surface area contributed by atoms with Crippen molar-refractivity contribution in [2.24, 2.45) is 5.10 Å². The minimum atomic E-state index is -0.539. The molecule has 86 valence electrons. The van der Waals surface area contributed by atoms with E-state index in [2.05, 4.69) is 25.7 Å². The van der Waals surface area contributed by atoms with E-state index in [0.29, 0.717) is 5.02 Å². The summed E-state index contributed by atoms with van der Waals surface area (Å²) in [5, 5.41) is 10.2. The lowest BCUT2D eigenvalue weighted by Crippen LogP contribution is -2.13. The van der Waals surface area contributed by atoms with Gasteiger partial charge in [-0.05, 0) is 6.07 Å². The summed E-state index contributed by atoms with van der Waals surface area (Å²) >= 11 is 5.93. The number of benzene rings is 1. The number of anilines is 1. The van der Waals surface area contributed by atoms with Crippen LogP contribution in [0.5, 0.6) is 0 Å². The molecule has 1 heterocycles. The predicted molar refractivity (Wildman–Crippen MR) is 65.3 cm³/mol. The molecule has 17 heavy (non-hydrogen) atoms. The van der Waals surface area contributed by atoms with Crippen LogP contribution in [0.3, 0.4) is 0 Å². The highest BCUT2D eigenvalue weighted by atomic mass is 35.5. The molecule has 0 amide bonds. The third kappa shape index (κ3) is 3.12. The Labute approximate surface area is 101 Å². The second-order valence-electron chi connectivity index (χ2n) is 3.06. The van der Waals surface area contributed by atoms with Crippen molar-refractivity contribution in [3.8, 4) is 0 Å². The largest absolute Gasteiger partial charge is 0.363 e. The number of nitrogens with one attached hydrogen (secondary N) is 2. The molecule has 7 heteroatoms. The van der Waals surface area contributed by atoms with E-state index in [4.69, 9.17) is 11.6 Å². The van der Waals surface area contributed by atoms with Gasteiger partial charge in [-0.1, -0.05) is 29.8 Å². The molecule has 2 rings (SSSR count). The molecule has 0 spiro atoms. The Bertz CT molecular complexity index is 595. The Kier molecular flexibility index (Phi) is 3.46. The lowest BCUT2D eigenvalue weighted by Gasteiger charge is -1.97. The van der Waals surface area contributed by atoms with Crippen LogP contribution < -0.4 is 11.1 Å². The zero-order chi connectivity index (χ0) is 12.1. The van der Waals surface area contributed by atoms with Crippen LogP contribution in [0, 0.1) is 0 Å². The molecule has 0 bridgehead atoms. The Morgan fingerprint density at radius 3 is 3.00 bits per heavy atom. The molecule has 0 aliphatic heterocycles. The van der Waals surface area contributed by atoms with E-state index in [1.54, 1.807) is 6.07 Å². The summed E-state index contributed by atoms with van der Waals surface area (Å²) in [7, 11) is 0. The zero-order valence-electron chi connectivity index (χ0n) is 8.59. The zero-order valence-corrected chi connectivity index (χ0v) is 9.35. The number of hydrogen-bond donors (Lipinski definition) is 2. The highest BCUT2D eigenvalue weighted by Gasteiger charge is 1.95. The van der Waals surface area contributed by atoms with Crippen LogP contribution in [0.1, 0.15) is 5.56 Å². The quantitative estimate of drug-likeness (QED) is 0.634. The molecule has 0 aliphatic rings. The van der Waals surface area contributed by atoms with E-state index in [1.165, 1.54) is 12.4 Å². The molecular formula is C10H8ClN5O. The topological polar surface area (TPSA) is 83.0 Å². The average Bonchev–Trinajstić information content (AvgIpc) is 2.32. The first-order valence-corrected chi connectivity index (χ1v) is 5.09. The van der Waals surface area contributed by atoms with Crippen LogP contribution in [-0.4, -0.2) is 21.4 Å². The third-order valence-corrected chi connectivity index (χ3v) is 2.20. The third-order valence-electron chi connectivity index (χ3n) is 1.86. The molecule has 1 aromatic carbocycles. The number of halogens is 1.